The van der Waals surface area contributed by atoms with Gasteiger partial charge in [-0.1, -0.05) is 6.42 Å². The molecule has 3 rings (SSSR count). The lowest BCUT2D eigenvalue weighted by molar-refractivity contribution is -0.164. The van der Waals surface area contributed by atoms with Gasteiger partial charge in [0.25, 0.3) is 5.56 Å². The lowest BCUT2D eigenvalue weighted by atomic mass is 10.1. The lowest BCUT2D eigenvalue weighted by Gasteiger charge is -2.29. The number of aliphatic hydroxyl groups is 3. The summed E-state index contributed by atoms with van der Waals surface area (Å²) in [5.41, 5.74) is 12.2. The van der Waals surface area contributed by atoms with Crippen LogP contribution in [0.2, 0.25) is 0 Å². The van der Waals surface area contributed by atoms with E-state index < -0.39 is 48.2 Å². The molecule has 8 N–H and O–H groups in total. The number of aromatic nitrogens is 4. The average molecular weight is 505 g/mol. The molecule has 2 aliphatic heterocycles. The number of aryl methyl sites for hydroxylation is 2. The monoisotopic (exact) mass is 504 g/mol. The van der Waals surface area contributed by atoms with E-state index in [0.29, 0.717) is 36.8 Å². The smallest absolute Gasteiger partial charge is 0.349 e. The van der Waals surface area contributed by atoms with Gasteiger partial charge in [0.15, 0.2) is 11.5 Å². The van der Waals surface area contributed by atoms with Crippen LogP contribution < -0.4 is 22.7 Å². The highest BCUT2D eigenvalue weighted by molar-refractivity contribution is 5.81. The van der Waals surface area contributed by atoms with E-state index in [4.69, 9.17) is 16.2 Å². The summed E-state index contributed by atoms with van der Waals surface area (Å²) in [7, 11) is 0. The summed E-state index contributed by atoms with van der Waals surface area (Å²) >= 11 is 0. The van der Waals surface area contributed by atoms with Gasteiger partial charge in [0.1, 0.15) is 24.4 Å². The van der Waals surface area contributed by atoms with E-state index in [0.717, 1.165) is 11.1 Å². The average Bonchev–Trinajstić information content (AvgIpc) is 2.84. The van der Waals surface area contributed by atoms with E-state index in [2.05, 4.69) is 15.0 Å². The predicted molar refractivity (Wildman–Crippen MR) is 130 cm³/mol. The summed E-state index contributed by atoms with van der Waals surface area (Å²) in [5.74, 6) is -0.926. The zero-order chi connectivity index (χ0) is 26.6. The number of hydrogen-bond donors (Lipinski definition) is 6. The van der Waals surface area contributed by atoms with Gasteiger partial charge >= 0.3 is 11.7 Å². The molecule has 2 heterocycles. The third kappa shape index (κ3) is 5.94. The first-order valence-electron chi connectivity index (χ1n) is 11.6. The first-order chi connectivity index (χ1) is 17.1. The molecular formula is C23H32N6O7. The first-order valence-corrected chi connectivity index (χ1v) is 11.6. The van der Waals surface area contributed by atoms with E-state index in [-0.39, 0.29) is 18.1 Å². The zero-order valence-corrected chi connectivity index (χ0v) is 20.2. The van der Waals surface area contributed by atoms with E-state index in [1.165, 1.54) is 4.57 Å². The fourth-order valence-electron chi connectivity index (χ4n) is 3.85. The molecular weight excluding hydrogens is 472 g/mol. The molecule has 0 saturated heterocycles. The van der Waals surface area contributed by atoms with Crippen molar-refractivity contribution >= 4 is 17.0 Å². The Morgan fingerprint density at radius 3 is 2.53 bits per heavy atom. The summed E-state index contributed by atoms with van der Waals surface area (Å²) in [6, 6.07) is 2.50. The van der Waals surface area contributed by atoms with Gasteiger partial charge < -0.3 is 36.1 Å². The fraction of sp³-hybridized carbons (Fsp3) is 0.522. The second-order valence-corrected chi connectivity index (χ2v) is 8.80. The molecule has 0 amide bonds. The highest BCUT2D eigenvalue weighted by atomic mass is 16.6. The first kappa shape index (κ1) is 27.4. The number of H-pyrrole nitrogens is 1. The SMILES string of the molecule is Cc1cc2nc3c(=O)[nH]c(=O)nc-3n(C[C@@H](OC(=O)[C@@H](N)CCCCN)[C@@H](O)[C@@H](O)CO)c2cc1C. The van der Waals surface area contributed by atoms with Gasteiger partial charge in [-0.3, -0.25) is 14.6 Å². The molecule has 0 aliphatic carbocycles. The quantitative estimate of drug-likeness (QED) is 0.0979. The number of aliphatic hydroxyl groups excluding tert-OH is 3. The number of rotatable bonds is 11. The molecule has 2 aliphatic rings. The summed E-state index contributed by atoms with van der Waals surface area (Å²) in [5, 5.41) is 30.2. The third-order valence-electron chi connectivity index (χ3n) is 6.09. The van der Waals surface area contributed by atoms with Crippen LogP contribution in [0.4, 0.5) is 0 Å². The van der Waals surface area contributed by atoms with Gasteiger partial charge in [-0.15, -0.1) is 0 Å². The molecule has 0 spiro atoms. The minimum absolute atomic E-state index is 0.0986. The maximum Gasteiger partial charge on any atom is 0.349 e. The van der Waals surface area contributed by atoms with Crippen molar-refractivity contribution in [2.24, 2.45) is 11.5 Å². The number of carbonyl (C=O) groups is 1. The molecule has 0 unspecified atom stereocenters. The van der Waals surface area contributed by atoms with Crippen LogP contribution in [0.1, 0.15) is 30.4 Å². The second kappa shape index (κ2) is 11.7. The van der Waals surface area contributed by atoms with E-state index in [1.54, 1.807) is 12.1 Å². The largest absolute Gasteiger partial charge is 0.456 e. The van der Waals surface area contributed by atoms with Gasteiger partial charge in [-0.25, -0.2) is 9.78 Å². The molecule has 0 radical (unpaired) electrons. The van der Waals surface area contributed by atoms with Crippen LogP contribution >= 0.6 is 0 Å². The molecule has 1 aromatic carbocycles. The van der Waals surface area contributed by atoms with E-state index >= 15 is 0 Å². The molecule has 13 nitrogen and oxygen atoms in total. The molecule has 4 atom stereocenters. The van der Waals surface area contributed by atoms with Crippen LogP contribution in [0.25, 0.3) is 22.6 Å². The Morgan fingerprint density at radius 1 is 1.17 bits per heavy atom. The Balaban J connectivity index is 2.12. The maximum absolute atomic E-state index is 12.7. The van der Waals surface area contributed by atoms with Crippen molar-refractivity contribution < 1.29 is 24.9 Å². The van der Waals surface area contributed by atoms with Crippen molar-refractivity contribution in [2.75, 3.05) is 13.2 Å². The highest BCUT2D eigenvalue weighted by Gasteiger charge is 2.33. The summed E-state index contributed by atoms with van der Waals surface area (Å²) in [4.78, 5) is 47.6. The Bertz CT molecular complexity index is 1310. The molecule has 196 valence electrons. The normalized spacial score (nSPS) is 15.1. The Hall–Kier alpha value is -3.23. The fourth-order valence-corrected chi connectivity index (χ4v) is 3.85. The molecule has 1 aromatic rings. The number of unbranched alkanes of at least 4 members (excludes halogenated alkanes) is 1. The van der Waals surface area contributed by atoms with Crippen LogP contribution in [0.3, 0.4) is 0 Å². The number of benzene rings is 1. The predicted octanol–water partition coefficient (Wildman–Crippen LogP) is -1.72. The molecule has 0 saturated carbocycles. The van der Waals surface area contributed by atoms with Gasteiger partial charge in [0.2, 0.25) is 0 Å². The number of nitrogens with two attached hydrogens (primary N) is 2. The van der Waals surface area contributed by atoms with Crippen molar-refractivity contribution in [3.63, 3.8) is 0 Å². The minimum atomic E-state index is -1.72. The number of fused-ring (bicyclic) bond motifs is 2. The number of nitrogens with zero attached hydrogens (tertiary/aromatic N) is 3. The van der Waals surface area contributed by atoms with Crippen LogP contribution in [-0.2, 0) is 16.1 Å². The van der Waals surface area contributed by atoms with Crippen molar-refractivity contribution in [1.82, 2.24) is 19.5 Å². The number of hydrogen-bond acceptors (Lipinski definition) is 11. The number of ether oxygens (including phenoxy) is 1. The topological polar surface area (TPSA) is 220 Å². The van der Waals surface area contributed by atoms with Crippen LogP contribution in [0.5, 0.6) is 0 Å². The number of esters is 1. The second-order valence-electron chi connectivity index (χ2n) is 8.80. The Kier molecular flexibility index (Phi) is 8.87. The Labute approximate surface area is 206 Å². The number of aromatic amines is 1. The third-order valence-corrected chi connectivity index (χ3v) is 6.09. The summed E-state index contributed by atoms with van der Waals surface area (Å²) < 4.78 is 6.92. The lowest BCUT2D eigenvalue weighted by Crippen LogP contribution is -2.47. The molecule has 36 heavy (non-hydrogen) atoms. The molecule has 0 fully saturated rings. The van der Waals surface area contributed by atoms with Crippen LogP contribution in [0, 0.1) is 13.8 Å². The molecule has 13 heteroatoms. The van der Waals surface area contributed by atoms with Gasteiger partial charge in [0, 0.05) is 0 Å². The van der Waals surface area contributed by atoms with E-state index in [1.807, 2.05) is 13.8 Å². The highest BCUT2D eigenvalue weighted by Crippen LogP contribution is 2.25. The summed E-state index contributed by atoms with van der Waals surface area (Å²) in [6.07, 6.45) is -3.24. The van der Waals surface area contributed by atoms with Crippen LogP contribution in [0.15, 0.2) is 21.7 Å². The standard InChI is InChI=1S/C23H32N6O7/c1-11-7-14-15(8-12(11)2)29(20-18(26-14)21(33)28-23(35)27-20)9-17(19(32)16(31)10-30)36-22(34)13(25)5-3-4-6-24/h7-8,13,16-17,19,30-32H,3-6,9-10,24-25H2,1-2H3,(H,28,33,35)/t13-,16-,17+,19-/m0/s1. The molecule has 0 aromatic heterocycles. The zero-order valence-electron chi connectivity index (χ0n) is 20.2. The number of nitrogens with one attached hydrogen (secondary N) is 1. The van der Waals surface area contributed by atoms with Crippen LogP contribution in [-0.4, -0.2) is 78.3 Å². The minimum Gasteiger partial charge on any atom is -0.456 e. The molecule has 0 bridgehead atoms. The Morgan fingerprint density at radius 2 is 1.86 bits per heavy atom. The van der Waals surface area contributed by atoms with Crippen molar-refractivity contribution in [1.29, 1.82) is 0 Å². The van der Waals surface area contributed by atoms with Crippen molar-refractivity contribution in [3.8, 4) is 11.5 Å². The maximum atomic E-state index is 12.7. The van der Waals surface area contributed by atoms with Crippen molar-refractivity contribution in [2.45, 2.75) is 64.0 Å². The van der Waals surface area contributed by atoms with Gasteiger partial charge in [-0.05, 0) is 56.5 Å². The number of carbonyl (C=O) groups excluding carboxylic acids is 1. The van der Waals surface area contributed by atoms with Gasteiger partial charge in [-0.2, -0.15) is 4.98 Å². The van der Waals surface area contributed by atoms with E-state index in [9.17, 15) is 29.7 Å². The summed E-state index contributed by atoms with van der Waals surface area (Å²) in [6.45, 7) is 3.04. The van der Waals surface area contributed by atoms with Gasteiger partial charge in [0.05, 0.1) is 24.2 Å². The van der Waals surface area contributed by atoms with Crippen molar-refractivity contribution in [3.05, 3.63) is 44.1 Å².